The highest BCUT2D eigenvalue weighted by atomic mass is 31.2. The lowest BCUT2D eigenvalue weighted by Gasteiger charge is -2.21. The maximum atomic E-state index is 13.0. The molecule has 0 aromatic rings. The molecule has 0 aliphatic carbocycles. The summed E-state index contributed by atoms with van der Waals surface area (Å²) in [5.74, 6) is -0.624. The number of unbranched alkanes of at least 4 members (excludes halogenated alkanes) is 37. The van der Waals surface area contributed by atoms with Gasteiger partial charge in [-0.3, -0.25) is 37.3 Å². The van der Waals surface area contributed by atoms with E-state index in [-0.39, 0.29) is 25.7 Å². The molecule has 19 heteroatoms. The zero-order valence-electron chi connectivity index (χ0n) is 56.3. The molecule has 5 atom stereocenters. The van der Waals surface area contributed by atoms with Gasteiger partial charge in [0.05, 0.1) is 26.4 Å². The minimum atomic E-state index is -4.95. The molecular weight excluding hydrogens is 1150 g/mol. The Bertz CT molecular complexity index is 1700. The van der Waals surface area contributed by atoms with Crippen LogP contribution in [0.2, 0.25) is 0 Å². The van der Waals surface area contributed by atoms with E-state index in [1.165, 1.54) is 154 Å². The van der Waals surface area contributed by atoms with E-state index < -0.39 is 97.5 Å². The van der Waals surface area contributed by atoms with Crippen LogP contribution in [0.5, 0.6) is 0 Å². The zero-order valence-corrected chi connectivity index (χ0v) is 58.1. The Morgan fingerprint density at radius 2 is 0.529 bits per heavy atom. The van der Waals surface area contributed by atoms with Gasteiger partial charge in [0.1, 0.15) is 19.3 Å². The highest BCUT2D eigenvalue weighted by molar-refractivity contribution is 7.47. The van der Waals surface area contributed by atoms with E-state index in [1.54, 1.807) is 0 Å². The summed E-state index contributed by atoms with van der Waals surface area (Å²) in [6.07, 6.45) is 44.8. The van der Waals surface area contributed by atoms with Crippen LogP contribution in [0.3, 0.4) is 0 Å². The molecule has 516 valence electrons. The monoisotopic (exact) mass is 1280 g/mol. The van der Waals surface area contributed by atoms with Crippen LogP contribution in [0.1, 0.15) is 343 Å². The van der Waals surface area contributed by atoms with Crippen molar-refractivity contribution in [2.24, 2.45) is 11.8 Å². The van der Waals surface area contributed by atoms with Gasteiger partial charge in [-0.25, -0.2) is 9.13 Å². The van der Waals surface area contributed by atoms with Crippen molar-refractivity contribution in [1.29, 1.82) is 0 Å². The summed E-state index contributed by atoms with van der Waals surface area (Å²) in [5, 5.41) is 10.5. The van der Waals surface area contributed by atoms with Crippen molar-refractivity contribution in [1.82, 2.24) is 0 Å². The number of hydrogen-bond donors (Lipinski definition) is 3. The lowest BCUT2D eigenvalue weighted by Crippen LogP contribution is -2.30. The van der Waals surface area contributed by atoms with Gasteiger partial charge in [-0.15, -0.1) is 0 Å². The zero-order chi connectivity index (χ0) is 64.3. The molecule has 3 N–H and O–H groups in total. The van der Waals surface area contributed by atoms with Crippen LogP contribution < -0.4 is 0 Å². The van der Waals surface area contributed by atoms with Crippen molar-refractivity contribution in [2.45, 2.75) is 362 Å². The highest BCUT2D eigenvalue weighted by Gasteiger charge is 2.30. The second-order valence-corrected chi connectivity index (χ2v) is 28.4. The minimum absolute atomic E-state index is 0.104. The van der Waals surface area contributed by atoms with E-state index >= 15 is 0 Å². The first kappa shape index (κ1) is 85.1. The van der Waals surface area contributed by atoms with E-state index in [9.17, 15) is 43.2 Å². The Kier molecular flexibility index (Phi) is 59.0. The average molecular weight is 1280 g/mol. The van der Waals surface area contributed by atoms with Crippen LogP contribution in [0, 0.1) is 11.8 Å². The lowest BCUT2D eigenvalue weighted by atomic mass is 10.0. The molecule has 2 unspecified atom stereocenters. The van der Waals surface area contributed by atoms with Crippen molar-refractivity contribution in [3.8, 4) is 0 Å². The molecule has 17 nitrogen and oxygen atoms in total. The summed E-state index contributed by atoms with van der Waals surface area (Å²) < 4.78 is 68.0. The van der Waals surface area contributed by atoms with E-state index in [2.05, 4.69) is 41.5 Å². The first-order chi connectivity index (χ1) is 41.9. The van der Waals surface area contributed by atoms with Gasteiger partial charge in [-0.1, -0.05) is 292 Å². The van der Waals surface area contributed by atoms with Gasteiger partial charge in [0.15, 0.2) is 12.2 Å². The first-order valence-electron chi connectivity index (χ1n) is 35.5. The number of carbonyl (C=O) groups is 4. The molecule has 0 bridgehead atoms. The summed E-state index contributed by atoms with van der Waals surface area (Å²) in [7, 11) is -9.89. The molecule has 0 aromatic heterocycles. The summed E-state index contributed by atoms with van der Waals surface area (Å²) in [6.45, 7) is 9.43. The van der Waals surface area contributed by atoms with Gasteiger partial charge in [-0.05, 0) is 37.5 Å². The molecule has 0 aromatic carbocycles. The van der Waals surface area contributed by atoms with Crippen molar-refractivity contribution in [2.75, 3.05) is 39.6 Å². The van der Waals surface area contributed by atoms with Crippen molar-refractivity contribution in [3.05, 3.63) is 0 Å². The smallest absolute Gasteiger partial charge is 0.462 e. The molecular formula is C68H132O17P2. The highest BCUT2D eigenvalue weighted by Crippen LogP contribution is 2.45. The third-order valence-corrected chi connectivity index (χ3v) is 17.6. The summed E-state index contributed by atoms with van der Waals surface area (Å²) >= 11 is 0. The van der Waals surface area contributed by atoms with Crippen LogP contribution in [0.4, 0.5) is 0 Å². The summed E-state index contributed by atoms with van der Waals surface area (Å²) in [5.41, 5.74) is 0. The standard InChI is InChI=1S/C68H132O17P2/c1-7-9-11-13-14-15-16-17-18-19-23-28-33-39-45-51-66(71)79-57-64(85-67(72)52-46-40-34-29-24-21-20-22-26-31-37-42-48-60(3)4)59-83-87(76,77)81-55-62(69)54-80-86(74,75)82-58-63(56-78-65(70)50-44-36-12-10-8-2)84-68(73)53-47-41-35-30-25-27-32-38-43-49-61(5)6/h60-64,69H,7-59H2,1-6H3,(H,74,75)(H,76,77)/t62-,63+,64+/m0/s1. The predicted molar refractivity (Wildman–Crippen MR) is 349 cm³/mol. The quantitative estimate of drug-likeness (QED) is 0.0222. The number of phosphoric acid groups is 2. The molecule has 87 heavy (non-hydrogen) atoms. The maximum absolute atomic E-state index is 13.0. The second-order valence-electron chi connectivity index (χ2n) is 25.5. The molecule has 0 saturated carbocycles. The van der Waals surface area contributed by atoms with Crippen LogP contribution in [0.25, 0.3) is 0 Å². The van der Waals surface area contributed by atoms with Crippen molar-refractivity contribution in [3.63, 3.8) is 0 Å². The fraction of sp³-hybridized carbons (Fsp3) is 0.941. The number of ether oxygens (including phenoxy) is 4. The molecule has 0 fully saturated rings. The normalized spacial score (nSPS) is 14.2. The van der Waals surface area contributed by atoms with E-state index in [0.29, 0.717) is 25.7 Å². The van der Waals surface area contributed by atoms with E-state index in [0.717, 1.165) is 108 Å². The lowest BCUT2D eigenvalue weighted by molar-refractivity contribution is -0.161. The van der Waals surface area contributed by atoms with Gasteiger partial charge in [0, 0.05) is 25.7 Å². The number of phosphoric ester groups is 2. The number of esters is 4. The number of carbonyl (C=O) groups excluding carboxylic acids is 4. The first-order valence-corrected chi connectivity index (χ1v) is 38.5. The molecule has 0 saturated heterocycles. The second kappa shape index (κ2) is 60.3. The Labute approximate surface area is 530 Å². The molecule has 0 heterocycles. The molecule has 0 aliphatic rings. The van der Waals surface area contributed by atoms with Crippen LogP contribution >= 0.6 is 15.6 Å². The predicted octanol–water partition coefficient (Wildman–Crippen LogP) is 19.2. The fourth-order valence-electron chi connectivity index (χ4n) is 10.2. The molecule has 0 spiro atoms. The Morgan fingerprint density at radius 1 is 0.310 bits per heavy atom. The summed E-state index contributed by atoms with van der Waals surface area (Å²) in [6, 6.07) is 0. The molecule has 0 rings (SSSR count). The number of rotatable bonds is 67. The van der Waals surface area contributed by atoms with Crippen molar-refractivity contribution < 1.29 is 80.2 Å². The third-order valence-electron chi connectivity index (χ3n) is 15.7. The van der Waals surface area contributed by atoms with E-state index in [1.807, 2.05) is 0 Å². The van der Waals surface area contributed by atoms with Gasteiger partial charge in [0.2, 0.25) is 0 Å². The third kappa shape index (κ3) is 62.6. The van der Waals surface area contributed by atoms with Crippen LogP contribution in [-0.2, 0) is 65.4 Å². The number of aliphatic hydroxyl groups excluding tert-OH is 1. The van der Waals surface area contributed by atoms with Gasteiger partial charge in [-0.2, -0.15) is 0 Å². The van der Waals surface area contributed by atoms with Gasteiger partial charge in [0.25, 0.3) is 0 Å². The Balaban J connectivity index is 5.17. The summed E-state index contributed by atoms with van der Waals surface area (Å²) in [4.78, 5) is 72.2. The van der Waals surface area contributed by atoms with Gasteiger partial charge >= 0.3 is 39.5 Å². The number of hydrogen-bond acceptors (Lipinski definition) is 15. The van der Waals surface area contributed by atoms with E-state index in [4.69, 9.17) is 37.0 Å². The topological polar surface area (TPSA) is 237 Å². The Hall–Kier alpha value is -1.94. The van der Waals surface area contributed by atoms with Crippen molar-refractivity contribution >= 4 is 39.5 Å². The molecule has 0 amide bonds. The largest absolute Gasteiger partial charge is 0.472 e. The Morgan fingerprint density at radius 3 is 0.782 bits per heavy atom. The maximum Gasteiger partial charge on any atom is 0.472 e. The van der Waals surface area contributed by atoms with Crippen LogP contribution in [0.15, 0.2) is 0 Å². The van der Waals surface area contributed by atoms with Crippen LogP contribution in [-0.4, -0.2) is 96.7 Å². The SMILES string of the molecule is CCCCCCCCCCCCCCCCCC(=O)OC[C@H](COP(=O)(O)OC[C@@H](O)COP(=O)(O)OC[C@@H](COC(=O)CCCCCCC)OC(=O)CCCCCCCCCCCC(C)C)OC(=O)CCCCCCCCCCCCCCC(C)C. The number of aliphatic hydroxyl groups is 1. The average Bonchev–Trinajstić information content (AvgIpc) is 3.69. The molecule has 0 aliphatic heterocycles. The van der Waals surface area contributed by atoms with Gasteiger partial charge < -0.3 is 33.8 Å². The fourth-order valence-corrected chi connectivity index (χ4v) is 11.8. The molecule has 0 radical (unpaired) electrons. The minimum Gasteiger partial charge on any atom is -0.462 e.